The molecular formula is C11H21Cl. The summed E-state index contributed by atoms with van der Waals surface area (Å²) in [5.41, 5.74) is 0.0725. The first-order valence-electron chi connectivity index (χ1n) is 4.39. The van der Waals surface area contributed by atoms with E-state index in [0.717, 1.165) is 0 Å². The van der Waals surface area contributed by atoms with Gasteiger partial charge >= 0.3 is 0 Å². The Morgan fingerprint density at radius 2 is 1.17 bits per heavy atom. The van der Waals surface area contributed by atoms with E-state index in [1.165, 1.54) is 0 Å². The van der Waals surface area contributed by atoms with Gasteiger partial charge in [-0.05, 0) is 10.8 Å². The highest BCUT2D eigenvalue weighted by molar-refractivity contribution is 6.26. The van der Waals surface area contributed by atoms with Gasteiger partial charge in [0.25, 0.3) is 0 Å². The summed E-state index contributed by atoms with van der Waals surface area (Å²) in [6.45, 7) is 16.7. The lowest BCUT2D eigenvalue weighted by Gasteiger charge is -2.47. The Balaban J connectivity index is 5.09. The number of hydrogen-bond acceptors (Lipinski definition) is 0. The molecule has 0 saturated carbocycles. The molecule has 0 amide bonds. The standard InChI is InChI=1S/C11H21Cl/c1-8-11(12,9(2,3)4)10(5,6)7/h8H,1H2,2-7H3. The third kappa shape index (κ3) is 1.85. The summed E-state index contributed by atoms with van der Waals surface area (Å²) in [7, 11) is 0. The molecule has 0 aromatic carbocycles. The average molecular weight is 189 g/mol. The van der Waals surface area contributed by atoms with Crippen LogP contribution in [-0.2, 0) is 0 Å². The molecule has 0 unspecified atom stereocenters. The van der Waals surface area contributed by atoms with Crippen LogP contribution in [0.5, 0.6) is 0 Å². The van der Waals surface area contributed by atoms with E-state index in [0.29, 0.717) is 0 Å². The highest BCUT2D eigenvalue weighted by Gasteiger charge is 2.46. The lowest BCUT2D eigenvalue weighted by atomic mass is 9.66. The molecule has 0 heterocycles. The highest BCUT2D eigenvalue weighted by Crippen LogP contribution is 2.49. The van der Waals surface area contributed by atoms with Crippen molar-refractivity contribution in [2.24, 2.45) is 10.8 Å². The van der Waals surface area contributed by atoms with Crippen molar-refractivity contribution in [3.05, 3.63) is 12.7 Å². The van der Waals surface area contributed by atoms with Crippen LogP contribution in [0.3, 0.4) is 0 Å². The molecule has 1 heteroatoms. The van der Waals surface area contributed by atoms with Crippen LogP contribution in [0, 0.1) is 10.8 Å². The maximum absolute atomic E-state index is 6.56. The van der Waals surface area contributed by atoms with Gasteiger partial charge in [-0.25, -0.2) is 0 Å². The minimum atomic E-state index is -0.347. The Morgan fingerprint density at radius 3 is 1.17 bits per heavy atom. The molecule has 0 aliphatic carbocycles. The van der Waals surface area contributed by atoms with E-state index in [-0.39, 0.29) is 15.7 Å². The van der Waals surface area contributed by atoms with Gasteiger partial charge in [-0.3, -0.25) is 0 Å². The molecule has 0 nitrogen and oxygen atoms in total. The van der Waals surface area contributed by atoms with Crippen molar-refractivity contribution in [3.8, 4) is 0 Å². The molecule has 0 bridgehead atoms. The Hall–Kier alpha value is 0.0300. The van der Waals surface area contributed by atoms with Crippen LogP contribution in [0.1, 0.15) is 41.5 Å². The first-order chi connectivity index (χ1) is 5.06. The van der Waals surface area contributed by atoms with Crippen LogP contribution in [0.4, 0.5) is 0 Å². The molecule has 0 aromatic rings. The minimum absolute atomic E-state index is 0.0363. The molecule has 72 valence electrons. The third-order valence-electron chi connectivity index (χ3n) is 2.46. The van der Waals surface area contributed by atoms with Gasteiger partial charge in [-0.2, -0.15) is 0 Å². The Morgan fingerprint density at radius 1 is 0.917 bits per heavy atom. The third-order valence-corrected chi connectivity index (χ3v) is 3.75. The second-order valence-corrected chi connectivity index (χ2v) is 6.01. The minimum Gasteiger partial charge on any atom is -0.114 e. The van der Waals surface area contributed by atoms with E-state index in [1.807, 2.05) is 6.08 Å². The number of halogens is 1. The monoisotopic (exact) mass is 188 g/mol. The maximum atomic E-state index is 6.56. The summed E-state index contributed by atoms with van der Waals surface area (Å²) >= 11 is 6.56. The molecule has 0 aliphatic heterocycles. The largest absolute Gasteiger partial charge is 0.114 e. The smallest absolute Gasteiger partial charge is 0.0719 e. The van der Waals surface area contributed by atoms with Crippen LogP contribution in [0.15, 0.2) is 12.7 Å². The van der Waals surface area contributed by atoms with Gasteiger partial charge in [0.1, 0.15) is 0 Å². The molecule has 0 spiro atoms. The Kier molecular flexibility index (Phi) is 3.07. The Labute approximate surface area is 82.0 Å². The van der Waals surface area contributed by atoms with Gasteiger partial charge in [-0.1, -0.05) is 47.6 Å². The summed E-state index contributed by atoms with van der Waals surface area (Å²) in [5, 5.41) is 0. The summed E-state index contributed by atoms with van der Waals surface area (Å²) in [6, 6.07) is 0. The maximum Gasteiger partial charge on any atom is 0.0719 e. The van der Waals surface area contributed by atoms with Crippen LogP contribution < -0.4 is 0 Å². The molecule has 0 aromatic heterocycles. The second-order valence-electron chi connectivity index (χ2n) is 5.42. The predicted octanol–water partition coefficient (Wildman–Crippen LogP) is 4.24. The number of allylic oxidation sites excluding steroid dienone is 1. The zero-order chi connectivity index (χ0) is 10.2. The average Bonchev–Trinajstić information content (AvgIpc) is 1.81. The molecule has 0 N–H and O–H groups in total. The zero-order valence-electron chi connectivity index (χ0n) is 9.16. The second kappa shape index (κ2) is 3.06. The van der Waals surface area contributed by atoms with Gasteiger partial charge in [0.2, 0.25) is 0 Å². The summed E-state index contributed by atoms with van der Waals surface area (Å²) in [5.74, 6) is 0. The molecule has 12 heavy (non-hydrogen) atoms. The van der Waals surface area contributed by atoms with Crippen molar-refractivity contribution >= 4 is 11.6 Å². The fraction of sp³-hybridized carbons (Fsp3) is 0.818. The Bertz CT molecular complexity index is 152. The molecular weight excluding hydrogens is 168 g/mol. The number of hydrogen-bond donors (Lipinski definition) is 0. The SMILES string of the molecule is C=CC(Cl)(C(C)(C)C)C(C)(C)C. The van der Waals surface area contributed by atoms with Crippen LogP contribution in [0.25, 0.3) is 0 Å². The normalized spacial score (nSPS) is 14.6. The quantitative estimate of drug-likeness (QED) is 0.427. The van der Waals surface area contributed by atoms with Crippen molar-refractivity contribution in [3.63, 3.8) is 0 Å². The number of alkyl halides is 1. The van der Waals surface area contributed by atoms with E-state index < -0.39 is 0 Å². The van der Waals surface area contributed by atoms with Crippen LogP contribution >= 0.6 is 11.6 Å². The van der Waals surface area contributed by atoms with Crippen LogP contribution in [0.2, 0.25) is 0 Å². The van der Waals surface area contributed by atoms with E-state index in [4.69, 9.17) is 11.6 Å². The molecule has 0 rings (SSSR count). The van der Waals surface area contributed by atoms with E-state index in [9.17, 15) is 0 Å². The molecule has 0 aliphatic rings. The molecule has 0 radical (unpaired) electrons. The van der Waals surface area contributed by atoms with Gasteiger partial charge in [0.15, 0.2) is 0 Å². The molecule has 0 fully saturated rings. The van der Waals surface area contributed by atoms with Gasteiger partial charge < -0.3 is 0 Å². The zero-order valence-corrected chi connectivity index (χ0v) is 9.92. The summed E-state index contributed by atoms with van der Waals surface area (Å²) < 4.78 is 0. The lowest BCUT2D eigenvalue weighted by molar-refractivity contribution is 0.177. The van der Waals surface area contributed by atoms with Crippen LogP contribution in [-0.4, -0.2) is 4.87 Å². The first kappa shape index (κ1) is 12.0. The molecule has 0 saturated heterocycles. The van der Waals surface area contributed by atoms with Gasteiger partial charge in [0, 0.05) is 0 Å². The fourth-order valence-corrected chi connectivity index (χ4v) is 1.74. The van der Waals surface area contributed by atoms with E-state index in [2.05, 4.69) is 48.1 Å². The molecule has 0 atom stereocenters. The summed E-state index contributed by atoms with van der Waals surface area (Å²) in [4.78, 5) is -0.347. The number of rotatable bonds is 1. The van der Waals surface area contributed by atoms with Crippen molar-refractivity contribution in [1.29, 1.82) is 0 Å². The van der Waals surface area contributed by atoms with Gasteiger partial charge in [-0.15, -0.1) is 18.2 Å². The van der Waals surface area contributed by atoms with Crippen molar-refractivity contribution in [2.75, 3.05) is 0 Å². The van der Waals surface area contributed by atoms with Crippen molar-refractivity contribution in [2.45, 2.75) is 46.4 Å². The highest BCUT2D eigenvalue weighted by atomic mass is 35.5. The van der Waals surface area contributed by atoms with Gasteiger partial charge in [0.05, 0.1) is 4.87 Å². The van der Waals surface area contributed by atoms with Crippen molar-refractivity contribution < 1.29 is 0 Å². The fourth-order valence-electron chi connectivity index (χ4n) is 1.74. The van der Waals surface area contributed by atoms with E-state index >= 15 is 0 Å². The predicted molar refractivity (Wildman–Crippen MR) is 57.7 cm³/mol. The lowest BCUT2D eigenvalue weighted by Crippen LogP contribution is -2.46. The summed E-state index contributed by atoms with van der Waals surface area (Å²) in [6.07, 6.45) is 1.87. The first-order valence-corrected chi connectivity index (χ1v) is 4.76. The van der Waals surface area contributed by atoms with Crippen molar-refractivity contribution in [1.82, 2.24) is 0 Å². The van der Waals surface area contributed by atoms with E-state index in [1.54, 1.807) is 0 Å². The topological polar surface area (TPSA) is 0 Å².